The van der Waals surface area contributed by atoms with Crippen molar-refractivity contribution in [2.45, 2.75) is 26.7 Å². The Balaban J connectivity index is 1.86. The average molecular weight is 281 g/mol. The number of rotatable bonds is 5. The lowest BCUT2D eigenvalue weighted by Gasteiger charge is -2.17. The molecule has 1 aromatic heterocycles. The van der Waals surface area contributed by atoms with Crippen LogP contribution in [0.2, 0.25) is 0 Å². The Morgan fingerprint density at radius 2 is 2.42 bits per heavy atom. The topological polar surface area (TPSA) is 62.3 Å². The normalized spacial score (nSPS) is 19.2. The van der Waals surface area contributed by atoms with Crippen LogP contribution in [0, 0.1) is 11.8 Å². The molecule has 0 aliphatic carbocycles. The lowest BCUT2D eigenvalue weighted by atomic mass is 10.1. The monoisotopic (exact) mass is 281 g/mol. The predicted octanol–water partition coefficient (Wildman–Crippen LogP) is 1.98. The molecule has 2 heterocycles. The van der Waals surface area contributed by atoms with Crippen molar-refractivity contribution in [3.8, 4) is 0 Å². The molecule has 0 aromatic carbocycles. The summed E-state index contributed by atoms with van der Waals surface area (Å²) in [6.45, 7) is 5.54. The summed E-state index contributed by atoms with van der Waals surface area (Å²) in [5, 5.41) is 5.16. The molecule has 104 valence electrons. The van der Waals surface area contributed by atoms with Crippen molar-refractivity contribution in [1.82, 2.24) is 9.88 Å². The Morgan fingerprint density at radius 3 is 3.05 bits per heavy atom. The van der Waals surface area contributed by atoms with E-state index in [1.54, 1.807) is 11.1 Å². The van der Waals surface area contributed by atoms with E-state index in [0.717, 1.165) is 13.0 Å². The van der Waals surface area contributed by atoms with Crippen LogP contribution in [-0.2, 0) is 9.59 Å². The maximum atomic E-state index is 12.0. The Labute approximate surface area is 117 Å². The first-order valence-corrected chi connectivity index (χ1v) is 7.42. The summed E-state index contributed by atoms with van der Waals surface area (Å²) < 4.78 is 0. The van der Waals surface area contributed by atoms with Gasteiger partial charge in [-0.15, -0.1) is 11.3 Å². The second kappa shape index (κ2) is 6.14. The number of amides is 2. The summed E-state index contributed by atoms with van der Waals surface area (Å²) in [4.78, 5) is 29.7. The van der Waals surface area contributed by atoms with Gasteiger partial charge in [0.15, 0.2) is 5.13 Å². The summed E-state index contributed by atoms with van der Waals surface area (Å²) in [6.07, 6.45) is 2.94. The molecule has 1 unspecified atom stereocenters. The van der Waals surface area contributed by atoms with E-state index in [1.807, 2.05) is 5.38 Å². The molecule has 0 saturated carbocycles. The van der Waals surface area contributed by atoms with Gasteiger partial charge in [-0.05, 0) is 12.3 Å². The number of aromatic nitrogens is 1. The largest absolute Gasteiger partial charge is 0.342 e. The van der Waals surface area contributed by atoms with Crippen LogP contribution in [0.5, 0.6) is 0 Å². The molecule has 0 radical (unpaired) electrons. The van der Waals surface area contributed by atoms with Crippen LogP contribution in [-0.4, -0.2) is 34.8 Å². The third-order valence-corrected chi connectivity index (χ3v) is 3.91. The molecule has 19 heavy (non-hydrogen) atoms. The SMILES string of the molecule is CC(C)CCN1CC(C(=O)Nc2nccs2)CC1=O. The number of thiazole rings is 1. The average Bonchev–Trinajstić information content (AvgIpc) is 2.96. The summed E-state index contributed by atoms with van der Waals surface area (Å²) in [5.41, 5.74) is 0. The van der Waals surface area contributed by atoms with Gasteiger partial charge in [0.2, 0.25) is 11.8 Å². The molecule has 0 bridgehead atoms. The van der Waals surface area contributed by atoms with E-state index in [0.29, 0.717) is 24.0 Å². The van der Waals surface area contributed by atoms with Crippen LogP contribution in [0.25, 0.3) is 0 Å². The first-order valence-electron chi connectivity index (χ1n) is 6.54. The van der Waals surface area contributed by atoms with E-state index in [4.69, 9.17) is 0 Å². The minimum atomic E-state index is -0.247. The first-order chi connectivity index (χ1) is 9.06. The quantitative estimate of drug-likeness (QED) is 0.897. The summed E-state index contributed by atoms with van der Waals surface area (Å²) >= 11 is 1.38. The van der Waals surface area contributed by atoms with E-state index >= 15 is 0 Å². The lowest BCUT2D eigenvalue weighted by Crippen LogP contribution is -2.29. The van der Waals surface area contributed by atoms with E-state index < -0.39 is 0 Å². The Morgan fingerprint density at radius 1 is 1.63 bits per heavy atom. The smallest absolute Gasteiger partial charge is 0.231 e. The molecule has 6 heteroatoms. The van der Waals surface area contributed by atoms with Crippen LogP contribution in [0.1, 0.15) is 26.7 Å². The lowest BCUT2D eigenvalue weighted by molar-refractivity contribution is -0.128. The van der Waals surface area contributed by atoms with Gasteiger partial charge < -0.3 is 10.2 Å². The van der Waals surface area contributed by atoms with E-state index in [9.17, 15) is 9.59 Å². The zero-order valence-corrected chi connectivity index (χ0v) is 12.1. The highest BCUT2D eigenvalue weighted by Gasteiger charge is 2.34. The van der Waals surface area contributed by atoms with Gasteiger partial charge in [-0.3, -0.25) is 9.59 Å². The van der Waals surface area contributed by atoms with Crippen molar-refractivity contribution < 1.29 is 9.59 Å². The molecule has 1 aliphatic rings. The van der Waals surface area contributed by atoms with Crippen LogP contribution in [0.4, 0.5) is 5.13 Å². The minimum absolute atomic E-state index is 0.0833. The molecule has 1 fully saturated rings. The van der Waals surface area contributed by atoms with Gasteiger partial charge in [-0.25, -0.2) is 4.98 Å². The van der Waals surface area contributed by atoms with Crippen molar-refractivity contribution in [3.63, 3.8) is 0 Å². The van der Waals surface area contributed by atoms with Gasteiger partial charge in [0.25, 0.3) is 0 Å². The van der Waals surface area contributed by atoms with Crippen molar-refractivity contribution >= 4 is 28.3 Å². The Kier molecular flexibility index (Phi) is 4.52. The van der Waals surface area contributed by atoms with Gasteiger partial charge in [0, 0.05) is 31.1 Å². The van der Waals surface area contributed by atoms with Crippen molar-refractivity contribution in [2.75, 3.05) is 18.4 Å². The first kappa shape index (κ1) is 14.0. The van der Waals surface area contributed by atoms with E-state index in [1.165, 1.54) is 11.3 Å². The zero-order chi connectivity index (χ0) is 13.8. The minimum Gasteiger partial charge on any atom is -0.342 e. The van der Waals surface area contributed by atoms with Crippen LogP contribution >= 0.6 is 11.3 Å². The molecule has 1 aromatic rings. The zero-order valence-electron chi connectivity index (χ0n) is 11.3. The summed E-state index contributed by atoms with van der Waals surface area (Å²) in [5.74, 6) is 0.301. The number of hydrogen-bond donors (Lipinski definition) is 1. The fourth-order valence-electron chi connectivity index (χ4n) is 2.07. The molecular formula is C13H19N3O2S. The molecule has 2 rings (SSSR count). The van der Waals surface area contributed by atoms with Gasteiger partial charge in [-0.1, -0.05) is 13.8 Å². The second-order valence-electron chi connectivity index (χ2n) is 5.25. The highest BCUT2D eigenvalue weighted by molar-refractivity contribution is 7.13. The number of nitrogens with one attached hydrogen (secondary N) is 1. The number of carbonyl (C=O) groups is 2. The number of hydrogen-bond acceptors (Lipinski definition) is 4. The van der Waals surface area contributed by atoms with Crippen LogP contribution in [0.3, 0.4) is 0 Å². The highest BCUT2D eigenvalue weighted by Crippen LogP contribution is 2.21. The molecule has 5 nitrogen and oxygen atoms in total. The van der Waals surface area contributed by atoms with Gasteiger partial charge in [0.1, 0.15) is 0 Å². The van der Waals surface area contributed by atoms with Gasteiger partial charge >= 0.3 is 0 Å². The maximum Gasteiger partial charge on any atom is 0.231 e. The van der Waals surface area contributed by atoms with Crippen molar-refractivity contribution in [2.24, 2.45) is 11.8 Å². The highest BCUT2D eigenvalue weighted by atomic mass is 32.1. The van der Waals surface area contributed by atoms with Crippen molar-refractivity contribution in [1.29, 1.82) is 0 Å². The van der Waals surface area contributed by atoms with Crippen molar-refractivity contribution in [3.05, 3.63) is 11.6 Å². The fraction of sp³-hybridized carbons (Fsp3) is 0.615. The third kappa shape index (κ3) is 3.76. The van der Waals surface area contributed by atoms with Crippen LogP contribution < -0.4 is 5.32 Å². The summed E-state index contributed by atoms with van der Waals surface area (Å²) in [6, 6.07) is 0. The van der Waals surface area contributed by atoms with E-state index in [2.05, 4.69) is 24.1 Å². The number of nitrogens with zero attached hydrogens (tertiary/aromatic N) is 2. The van der Waals surface area contributed by atoms with Crippen LogP contribution in [0.15, 0.2) is 11.6 Å². The number of likely N-dealkylation sites (tertiary alicyclic amines) is 1. The molecule has 0 spiro atoms. The van der Waals surface area contributed by atoms with E-state index in [-0.39, 0.29) is 17.7 Å². The standard InChI is InChI=1S/C13H19N3O2S/c1-9(2)3-5-16-8-10(7-11(16)17)12(18)15-13-14-4-6-19-13/h4,6,9-10H,3,5,7-8H2,1-2H3,(H,14,15,18). The summed E-state index contributed by atoms with van der Waals surface area (Å²) in [7, 11) is 0. The Bertz CT molecular complexity index is 445. The Hall–Kier alpha value is -1.43. The fourth-order valence-corrected chi connectivity index (χ4v) is 2.60. The molecular weight excluding hydrogens is 262 g/mol. The number of anilines is 1. The molecule has 1 atom stereocenters. The molecule has 1 aliphatic heterocycles. The van der Waals surface area contributed by atoms with Gasteiger partial charge in [-0.2, -0.15) is 0 Å². The number of carbonyl (C=O) groups excluding carboxylic acids is 2. The van der Waals surface area contributed by atoms with Gasteiger partial charge in [0.05, 0.1) is 5.92 Å². The molecule has 2 amide bonds. The maximum absolute atomic E-state index is 12.0. The molecule has 1 saturated heterocycles. The third-order valence-electron chi connectivity index (χ3n) is 3.22. The molecule has 1 N–H and O–H groups in total. The second-order valence-corrected chi connectivity index (χ2v) is 6.14. The predicted molar refractivity (Wildman–Crippen MR) is 74.9 cm³/mol.